The van der Waals surface area contributed by atoms with E-state index in [0.717, 1.165) is 12.1 Å². The van der Waals surface area contributed by atoms with Gasteiger partial charge in [-0.3, -0.25) is 0 Å². The standard InChI is InChI=1S/C18H10ClF4N3O/c1-27-17-13(20)4-3-11-15(7-10(8-24)25-16(11)17)26-14-5-2-9(19)6-12(14)18(21,22)23/h2-7H,1H3,(H,25,26). The van der Waals surface area contributed by atoms with Gasteiger partial charge in [0, 0.05) is 10.4 Å². The molecule has 0 atom stereocenters. The number of fused-ring (bicyclic) bond motifs is 1. The summed E-state index contributed by atoms with van der Waals surface area (Å²) in [6, 6.07) is 8.77. The maximum absolute atomic E-state index is 13.9. The molecule has 4 nitrogen and oxygen atoms in total. The SMILES string of the molecule is COc1c(F)ccc2c(Nc3ccc(Cl)cc3C(F)(F)F)cc(C#N)nc12. The summed E-state index contributed by atoms with van der Waals surface area (Å²) in [7, 11) is 1.23. The Bertz CT molecular complexity index is 1080. The van der Waals surface area contributed by atoms with E-state index in [1.807, 2.05) is 0 Å². The molecule has 0 aliphatic carbocycles. The van der Waals surface area contributed by atoms with Crippen LogP contribution in [0.3, 0.4) is 0 Å². The number of rotatable bonds is 3. The molecule has 0 aliphatic heterocycles. The molecule has 27 heavy (non-hydrogen) atoms. The lowest BCUT2D eigenvalue weighted by molar-refractivity contribution is -0.136. The third-order valence-corrected chi connectivity index (χ3v) is 4.00. The van der Waals surface area contributed by atoms with Crippen molar-refractivity contribution in [2.75, 3.05) is 12.4 Å². The number of halogens is 5. The minimum atomic E-state index is -4.65. The topological polar surface area (TPSA) is 57.9 Å². The first-order valence-electron chi connectivity index (χ1n) is 7.45. The van der Waals surface area contributed by atoms with Gasteiger partial charge in [0.15, 0.2) is 11.6 Å². The number of alkyl halides is 3. The number of benzene rings is 2. The van der Waals surface area contributed by atoms with Crippen LogP contribution < -0.4 is 10.1 Å². The average Bonchev–Trinajstić information content (AvgIpc) is 2.61. The molecule has 1 N–H and O–H groups in total. The lowest BCUT2D eigenvalue weighted by atomic mass is 10.1. The summed E-state index contributed by atoms with van der Waals surface area (Å²) in [5.74, 6) is -0.916. The number of nitriles is 1. The molecule has 0 spiro atoms. The highest BCUT2D eigenvalue weighted by molar-refractivity contribution is 6.30. The van der Waals surface area contributed by atoms with Crippen LogP contribution in [0.2, 0.25) is 5.02 Å². The first-order valence-corrected chi connectivity index (χ1v) is 7.83. The molecule has 1 aromatic heterocycles. The zero-order valence-electron chi connectivity index (χ0n) is 13.7. The Balaban J connectivity index is 2.24. The Morgan fingerprint density at radius 1 is 1.15 bits per heavy atom. The van der Waals surface area contributed by atoms with Gasteiger partial charge < -0.3 is 10.1 Å². The van der Waals surface area contributed by atoms with E-state index < -0.39 is 17.6 Å². The summed E-state index contributed by atoms with van der Waals surface area (Å²) in [6.07, 6.45) is -4.65. The van der Waals surface area contributed by atoms with Gasteiger partial charge in [-0.2, -0.15) is 18.4 Å². The Kier molecular flexibility index (Phi) is 4.81. The molecule has 0 amide bonds. The van der Waals surface area contributed by atoms with Gasteiger partial charge in [-0.25, -0.2) is 9.37 Å². The molecular formula is C18H10ClF4N3O. The summed E-state index contributed by atoms with van der Waals surface area (Å²) in [4.78, 5) is 4.00. The van der Waals surface area contributed by atoms with Gasteiger partial charge >= 0.3 is 6.18 Å². The fourth-order valence-electron chi connectivity index (χ4n) is 2.60. The van der Waals surface area contributed by atoms with Gasteiger partial charge in [0.2, 0.25) is 0 Å². The average molecular weight is 396 g/mol. The molecule has 0 fully saturated rings. The van der Waals surface area contributed by atoms with E-state index >= 15 is 0 Å². The number of hydrogen-bond acceptors (Lipinski definition) is 4. The third kappa shape index (κ3) is 3.59. The molecule has 1 heterocycles. The van der Waals surface area contributed by atoms with Crippen LogP contribution in [0, 0.1) is 17.1 Å². The number of hydrogen-bond donors (Lipinski definition) is 1. The van der Waals surface area contributed by atoms with Crippen molar-refractivity contribution in [3.8, 4) is 11.8 Å². The summed E-state index contributed by atoms with van der Waals surface area (Å²) < 4.78 is 58.9. The van der Waals surface area contributed by atoms with Crippen LogP contribution in [0.4, 0.5) is 28.9 Å². The first kappa shape index (κ1) is 18.7. The molecule has 0 bridgehead atoms. The van der Waals surface area contributed by atoms with Crippen LogP contribution in [0.1, 0.15) is 11.3 Å². The Morgan fingerprint density at radius 2 is 1.89 bits per heavy atom. The quantitative estimate of drug-likeness (QED) is 0.580. The number of ether oxygens (including phenoxy) is 1. The van der Waals surface area contributed by atoms with Gasteiger partial charge in [-0.05, 0) is 36.4 Å². The molecule has 3 aromatic rings. The van der Waals surface area contributed by atoms with Crippen molar-refractivity contribution in [1.29, 1.82) is 5.26 Å². The maximum Gasteiger partial charge on any atom is 0.418 e. The second kappa shape index (κ2) is 6.93. The van der Waals surface area contributed by atoms with Crippen molar-refractivity contribution in [2.24, 2.45) is 0 Å². The molecule has 0 radical (unpaired) electrons. The largest absolute Gasteiger partial charge is 0.491 e. The monoisotopic (exact) mass is 395 g/mol. The van der Waals surface area contributed by atoms with Crippen molar-refractivity contribution in [3.05, 3.63) is 58.5 Å². The Morgan fingerprint density at radius 3 is 2.52 bits per heavy atom. The van der Waals surface area contributed by atoms with Crippen molar-refractivity contribution in [2.45, 2.75) is 6.18 Å². The van der Waals surface area contributed by atoms with E-state index in [-0.39, 0.29) is 38.7 Å². The van der Waals surface area contributed by atoms with E-state index in [1.54, 1.807) is 6.07 Å². The van der Waals surface area contributed by atoms with E-state index in [9.17, 15) is 17.6 Å². The number of aromatic nitrogens is 1. The van der Waals surface area contributed by atoms with Gasteiger partial charge in [0.25, 0.3) is 0 Å². The van der Waals surface area contributed by atoms with Gasteiger partial charge in [-0.1, -0.05) is 11.6 Å². The minimum absolute atomic E-state index is 0.0153. The van der Waals surface area contributed by atoms with Crippen molar-refractivity contribution < 1.29 is 22.3 Å². The molecule has 0 unspecified atom stereocenters. The van der Waals surface area contributed by atoms with Gasteiger partial charge in [-0.15, -0.1) is 0 Å². The Labute approximate surface area is 156 Å². The summed E-state index contributed by atoms with van der Waals surface area (Å²) in [5.41, 5.74) is -1.21. The van der Waals surface area contributed by atoms with Gasteiger partial charge in [0.05, 0.1) is 24.0 Å². The fourth-order valence-corrected chi connectivity index (χ4v) is 2.77. The molecule has 0 saturated heterocycles. The number of anilines is 2. The normalized spacial score (nSPS) is 11.3. The maximum atomic E-state index is 13.9. The number of nitrogens with zero attached hydrogens (tertiary/aromatic N) is 2. The van der Waals surface area contributed by atoms with E-state index in [2.05, 4.69) is 10.3 Å². The highest BCUT2D eigenvalue weighted by Crippen LogP contribution is 2.39. The summed E-state index contributed by atoms with van der Waals surface area (Å²) >= 11 is 5.69. The molecule has 0 aliphatic rings. The van der Waals surface area contributed by atoms with Crippen LogP contribution >= 0.6 is 11.6 Å². The molecule has 2 aromatic carbocycles. The van der Waals surface area contributed by atoms with Gasteiger partial charge in [0.1, 0.15) is 17.3 Å². The molecular weight excluding hydrogens is 386 g/mol. The number of methoxy groups -OCH3 is 1. The van der Waals surface area contributed by atoms with E-state index in [1.165, 1.54) is 31.4 Å². The predicted octanol–water partition coefficient (Wildman–Crippen LogP) is 5.67. The van der Waals surface area contributed by atoms with Crippen molar-refractivity contribution in [1.82, 2.24) is 4.98 Å². The van der Waals surface area contributed by atoms with Crippen LogP contribution in [0.25, 0.3) is 10.9 Å². The second-order valence-electron chi connectivity index (χ2n) is 5.46. The van der Waals surface area contributed by atoms with Crippen LogP contribution in [0.15, 0.2) is 36.4 Å². The summed E-state index contributed by atoms with van der Waals surface area (Å²) in [5, 5.41) is 12.0. The predicted molar refractivity (Wildman–Crippen MR) is 92.7 cm³/mol. The van der Waals surface area contributed by atoms with Crippen LogP contribution in [-0.2, 0) is 6.18 Å². The second-order valence-corrected chi connectivity index (χ2v) is 5.89. The molecule has 0 saturated carbocycles. The minimum Gasteiger partial charge on any atom is -0.491 e. The van der Waals surface area contributed by atoms with Crippen LogP contribution in [0.5, 0.6) is 5.75 Å². The zero-order chi connectivity index (χ0) is 19.8. The lowest BCUT2D eigenvalue weighted by Crippen LogP contribution is -2.09. The molecule has 3 rings (SSSR count). The fraction of sp³-hybridized carbons (Fsp3) is 0.111. The number of nitrogens with one attached hydrogen (secondary N) is 1. The first-order chi connectivity index (χ1) is 12.7. The van der Waals surface area contributed by atoms with Crippen LogP contribution in [-0.4, -0.2) is 12.1 Å². The number of pyridine rings is 1. The van der Waals surface area contributed by atoms with E-state index in [4.69, 9.17) is 21.6 Å². The third-order valence-electron chi connectivity index (χ3n) is 3.76. The molecule has 9 heteroatoms. The highest BCUT2D eigenvalue weighted by Gasteiger charge is 2.34. The zero-order valence-corrected chi connectivity index (χ0v) is 14.4. The summed E-state index contributed by atoms with van der Waals surface area (Å²) in [6.45, 7) is 0. The van der Waals surface area contributed by atoms with Crippen molar-refractivity contribution >= 4 is 33.9 Å². The van der Waals surface area contributed by atoms with Crippen molar-refractivity contribution in [3.63, 3.8) is 0 Å². The van der Waals surface area contributed by atoms with E-state index in [0.29, 0.717) is 0 Å². The highest BCUT2D eigenvalue weighted by atomic mass is 35.5. The lowest BCUT2D eigenvalue weighted by Gasteiger charge is -2.17. The smallest absolute Gasteiger partial charge is 0.418 e. The Hall–Kier alpha value is -3.05. The molecule has 138 valence electrons.